The van der Waals surface area contributed by atoms with Gasteiger partial charge in [0.05, 0.1) is 0 Å². The number of ether oxygens (including phenoxy) is 1. The van der Waals surface area contributed by atoms with Crippen LogP contribution in [0.3, 0.4) is 0 Å². The van der Waals surface area contributed by atoms with Crippen LogP contribution in [0, 0.1) is 5.92 Å². The molecule has 3 atom stereocenters. The van der Waals surface area contributed by atoms with Gasteiger partial charge in [0, 0.05) is 0 Å². The molecule has 0 bridgehead atoms. The number of carboxylic acid groups (broad SMARTS) is 1. The van der Waals surface area contributed by atoms with Crippen LogP contribution in [0.2, 0.25) is 0 Å². The van der Waals surface area contributed by atoms with Crippen LogP contribution in [0.4, 0.5) is 0 Å². The lowest BCUT2D eigenvalue weighted by molar-refractivity contribution is -0.155. The second-order valence-electron chi connectivity index (χ2n) is 3.78. The van der Waals surface area contributed by atoms with Gasteiger partial charge >= 0.3 is 11.9 Å². The molecular weight excluding hydrogens is 200 g/mol. The monoisotopic (exact) mass is 218 g/mol. The summed E-state index contributed by atoms with van der Waals surface area (Å²) in [5, 5.41) is 8.57. The zero-order valence-corrected chi connectivity index (χ0v) is 9.14. The highest BCUT2D eigenvalue weighted by Gasteiger charge is 2.27. The molecule has 0 saturated heterocycles. The van der Waals surface area contributed by atoms with Crippen molar-refractivity contribution in [3.63, 3.8) is 0 Å². The van der Waals surface area contributed by atoms with Gasteiger partial charge in [-0.25, -0.2) is 0 Å². The van der Waals surface area contributed by atoms with Crippen LogP contribution in [0.15, 0.2) is 0 Å². The van der Waals surface area contributed by atoms with Crippen LogP contribution in [-0.2, 0) is 14.3 Å². The maximum absolute atomic E-state index is 11.3. The van der Waals surface area contributed by atoms with E-state index in [1.807, 2.05) is 0 Å². The van der Waals surface area contributed by atoms with E-state index in [9.17, 15) is 9.59 Å². The fourth-order valence-corrected chi connectivity index (χ4v) is 0.808. The minimum Gasteiger partial charge on any atom is -0.480 e. The summed E-state index contributed by atoms with van der Waals surface area (Å²) >= 11 is 0. The summed E-state index contributed by atoms with van der Waals surface area (Å²) in [4.78, 5) is 21.8. The average Bonchev–Trinajstić information content (AvgIpc) is 2.14. The van der Waals surface area contributed by atoms with Crippen molar-refractivity contribution in [1.82, 2.24) is 0 Å². The van der Waals surface area contributed by atoms with Gasteiger partial charge in [-0.1, -0.05) is 13.8 Å². The van der Waals surface area contributed by atoms with Crippen molar-refractivity contribution >= 4 is 11.9 Å². The second kappa shape index (κ2) is 5.67. The zero-order chi connectivity index (χ0) is 12.2. The molecule has 0 fully saturated rings. The molecule has 0 heterocycles. The molecule has 0 spiro atoms. The van der Waals surface area contributed by atoms with E-state index in [4.69, 9.17) is 21.3 Å². The Balaban J connectivity index is 4.24. The third-order valence-electron chi connectivity index (χ3n) is 2.08. The lowest BCUT2D eigenvalue weighted by Crippen LogP contribution is -2.46. The number of esters is 1. The molecule has 6 heteroatoms. The average molecular weight is 218 g/mol. The van der Waals surface area contributed by atoms with E-state index in [0.717, 1.165) is 0 Å². The molecule has 15 heavy (non-hydrogen) atoms. The van der Waals surface area contributed by atoms with E-state index in [0.29, 0.717) is 0 Å². The Morgan fingerprint density at radius 2 is 1.60 bits per heavy atom. The van der Waals surface area contributed by atoms with Gasteiger partial charge < -0.3 is 21.3 Å². The minimum atomic E-state index is -1.23. The number of carboxylic acids is 1. The molecule has 0 aliphatic rings. The lowest BCUT2D eigenvalue weighted by atomic mass is 10.1. The van der Waals surface area contributed by atoms with Crippen molar-refractivity contribution in [2.24, 2.45) is 17.4 Å². The SMILES string of the molecule is CC(C)[C@H](N)C(=O)O[C@H](C)[C@H](N)C(=O)O. The molecule has 5 N–H and O–H groups in total. The number of carbonyl (C=O) groups is 2. The quantitative estimate of drug-likeness (QED) is 0.526. The summed E-state index contributed by atoms with van der Waals surface area (Å²) in [5.41, 5.74) is 10.8. The summed E-state index contributed by atoms with van der Waals surface area (Å²) in [7, 11) is 0. The molecular formula is C9H18N2O4. The first-order valence-corrected chi connectivity index (χ1v) is 4.71. The number of hydrogen-bond acceptors (Lipinski definition) is 5. The van der Waals surface area contributed by atoms with Crippen molar-refractivity contribution in [1.29, 1.82) is 0 Å². The largest absolute Gasteiger partial charge is 0.480 e. The van der Waals surface area contributed by atoms with E-state index < -0.39 is 30.1 Å². The highest BCUT2D eigenvalue weighted by atomic mass is 16.5. The van der Waals surface area contributed by atoms with Crippen LogP contribution in [0.5, 0.6) is 0 Å². The van der Waals surface area contributed by atoms with E-state index in [-0.39, 0.29) is 5.92 Å². The van der Waals surface area contributed by atoms with Crippen LogP contribution in [0.25, 0.3) is 0 Å². The number of rotatable bonds is 5. The van der Waals surface area contributed by atoms with Crippen molar-refractivity contribution < 1.29 is 19.4 Å². The maximum Gasteiger partial charge on any atom is 0.324 e. The Morgan fingerprint density at radius 1 is 1.13 bits per heavy atom. The van der Waals surface area contributed by atoms with Crippen LogP contribution >= 0.6 is 0 Å². The van der Waals surface area contributed by atoms with Gasteiger partial charge in [-0.05, 0) is 12.8 Å². The Morgan fingerprint density at radius 3 is 1.93 bits per heavy atom. The predicted octanol–water partition coefficient (Wildman–Crippen LogP) is -0.687. The van der Waals surface area contributed by atoms with E-state index in [1.165, 1.54) is 6.92 Å². The minimum absolute atomic E-state index is 0.0641. The Hall–Kier alpha value is -1.14. The van der Waals surface area contributed by atoms with Gasteiger partial charge in [0.25, 0.3) is 0 Å². The lowest BCUT2D eigenvalue weighted by Gasteiger charge is -2.20. The summed E-state index contributed by atoms with van der Waals surface area (Å²) in [6.45, 7) is 4.96. The third-order valence-corrected chi connectivity index (χ3v) is 2.08. The number of nitrogens with two attached hydrogens (primary N) is 2. The Kier molecular flexibility index (Phi) is 5.24. The third kappa shape index (κ3) is 4.26. The van der Waals surface area contributed by atoms with Gasteiger partial charge in [0.15, 0.2) is 0 Å². The molecule has 6 nitrogen and oxygen atoms in total. The molecule has 0 aliphatic carbocycles. The molecule has 0 unspecified atom stereocenters. The van der Waals surface area contributed by atoms with E-state index in [2.05, 4.69) is 0 Å². The molecule has 0 aromatic carbocycles. The molecule has 0 radical (unpaired) electrons. The molecule has 0 aromatic rings. The molecule has 88 valence electrons. The number of aliphatic carboxylic acids is 1. The summed E-state index contributed by atoms with van der Waals surface area (Å²) in [6, 6.07) is -1.98. The Labute approximate surface area is 88.6 Å². The van der Waals surface area contributed by atoms with Gasteiger partial charge in [0.1, 0.15) is 18.2 Å². The first-order valence-electron chi connectivity index (χ1n) is 4.71. The first-order chi connectivity index (χ1) is 6.77. The molecule has 0 amide bonds. The molecule has 0 aliphatic heterocycles. The summed E-state index contributed by atoms with van der Waals surface area (Å²) in [6.07, 6.45) is -0.889. The van der Waals surface area contributed by atoms with Crippen molar-refractivity contribution in [3.8, 4) is 0 Å². The second-order valence-corrected chi connectivity index (χ2v) is 3.78. The van der Waals surface area contributed by atoms with E-state index >= 15 is 0 Å². The number of carbonyl (C=O) groups excluding carboxylic acids is 1. The van der Waals surface area contributed by atoms with Crippen LogP contribution < -0.4 is 11.5 Å². The van der Waals surface area contributed by atoms with Crippen molar-refractivity contribution in [3.05, 3.63) is 0 Å². The fourth-order valence-electron chi connectivity index (χ4n) is 0.808. The fraction of sp³-hybridized carbons (Fsp3) is 0.778. The highest BCUT2D eigenvalue weighted by molar-refractivity contribution is 5.78. The highest BCUT2D eigenvalue weighted by Crippen LogP contribution is 2.04. The smallest absolute Gasteiger partial charge is 0.324 e. The van der Waals surface area contributed by atoms with Gasteiger partial charge in [0.2, 0.25) is 0 Å². The molecule has 0 aromatic heterocycles. The number of hydrogen-bond donors (Lipinski definition) is 3. The summed E-state index contributed by atoms with van der Waals surface area (Å²) in [5.74, 6) is -1.91. The maximum atomic E-state index is 11.3. The molecule has 0 rings (SSSR count). The zero-order valence-electron chi connectivity index (χ0n) is 9.14. The van der Waals surface area contributed by atoms with E-state index in [1.54, 1.807) is 13.8 Å². The predicted molar refractivity (Wildman–Crippen MR) is 54.0 cm³/mol. The first kappa shape index (κ1) is 13.9. The van der Waals surface area contributed by atoms with Crippen LogP contribution in [-0.4, -0.2) is 35.2 Å². The topological polar surface area (TPSA) is 116 Å². The Bertz CT molecular complexity index is 242. The van der Waals surface area contributed by atoms with Crippen molar-refractivity contribution in [2.75, 3.05) is 0 Å². The van der Waals surface area contributed by atoms with Gasteiger partial charge in [-0.3, -0.25) is 9.59 Å². The normalized spacial score (nSPS) is 16.9. The summed E-state index contributed by atoms with van der Waals surface area (Å²) < 4.78 is 4.83. The van der Waals surface area contributed by atoms with Gasteiger partial charge in [-0.15, -0.1) is 0 Å². The standard InChI is InChI=1S/C9H18N2O4/c1-4(2)6(10)9(14)15-5(3)7(11)8(12)13/h4-7H,10-11H2,1-3H3,(H,12,13)/t5-,6+,7+/m1/s1. The molecule has 0 saturated carbocycles. The van der Waals surface area contributed by atoms with Crippen molar-refractivity contribution in [2.45, 2.75) is 39.0 Å². The van der Waals surface area contributed by atoms with Gasteiger partial charge in [-0.2, -0.15) is 0 Å². The van der Waals surface area contributed by atoms with Crippen LogP contribution in [0.1, 0.15) is 20.8 Å².